The lowest BCUT2D eigenvalue weighted by Crippen LogP contribution is -2.22. The van der Waals surface area contributed by atoms with E-state index in [0.29, 0.717) is 33.3 Å². The molecule has 4 nitrogen and oxygen atoms in total. The molecule has 0 bridgehead atoms. The van der Waals surface area contributed by atoms with Crippen LogP contribution in [0.4, 0.5) is 0 Å². The number of rotatable bonds is 4. The number of aromatic nitrogens is 2. The zero-order valence-electron chi connectivity index (χ0n) is 12.4. The molecule has 0 saturated carbocycles. The van der Waals surface area contributed by atoms with Gasteiger partial charge < -0.3 is 10.3 Å². The fourth-order valence-electron chi connectivity index (χ4n) is 2.36. The maximum absolute atomic E-state index is 12.1. The van der Waals surface area contributed by atoms with Crippen molar-refractivity contribution in [3.05, 3.63) is 74.3 Å². The highest BCUT2D eigenvalue weighted by atomic mass is 35.5. The lowest BCUT2D eigenvalue weighted by atomic mass is 10.1. The molecule has 0 aliphatic rings. The van der Waals surface area contributed by atoms with Crippen LogP contribution in [0.1, 0.15) is 24.4 Å². The maximum atomic E-state index is 12.1. The topological polar surface area (TPSA) is 57.8 Å². The summed E-state index contributed by atoms with van der Waals surface area (Å²) in [6.45, 7) is 2.49. The van der Waals surface area contributed by atoms with E-state index in [-0.39, 0.29) is 11.6 Å². The van der Waals surface area contributed by atoms with Crippen LogP contribution in [0.3, 0.4) is 0 Å². The fourth-order valence-corrected chi connectivity index (χ4v) is 2.66. The van der Waals surface area contributed by atoms with Crippen LogP contribution in [-0.4, -0.2) is 9.97 Å². The van der Waals surface area contributed by atoms with Gasteiger partial charge in [0.1, 0.15) is 5.82 Å². The van der Waals surface area contributed by atoms with Crippen molar-refractivity contribution in [2.45, 2.75) is 19.5 Å². The molecule has 1 unspecified atom stereocenters. The number of benzene rings is 2. The minimum Gasteiger partial charge on any atom is -0.309 e. The summed E-state index contributed by atoms with van der Waals surface area (Å²) in [5.74, 6) is 0.575. The van der Waals surface area contributed by atoms with E-state index in [2.05, 4.69) is 15.3 Å². The SMILES string of the molecule is CC(NCc1nc2cc(Cl)ccc2c(=O)[nH]1)c1ccc(Cl)cc1. The van der Waals surface area contributed by atoms with E-state index in [9.17, 15) is 4.79 Å². The van der Waals surface area contributed by atoms with Crippen LogP contribution in [0.25, 0.3) is 10.9 Å². The first-order chi connectivity index (χ1) is 11.0. The van der Waals surface area contributed by atoms with Gasteiger partial charge >= 0.3 is 0 Å². The Balaban J connectivity index is 1.79. The van der Waals surface area contributed by atoms with E-state index in [1.165, 1.54) is 0 Å². The first kappa shape index (κ1) is 16.0. The zero-order chi connectivity index (χ0) is 16.4. The molecular weight excluding hydrogens is 333 g/mol. The van der Waals surface area contributed by atoms with Crippen molar-refractivity contribution >= 4 is 34.1 Å². The molecule has 0 aliphatic carbocycles. The zero-order valence-corrected chi connectivity index (χ0v) is 13.9. The third kappa shape index (κ3) is 3.72. The highest BCUT2D eigenvalue weighted by molar-refractivity contribution is 6.31. The van der Waals surface area contributed by atoms with Gasteiger partial charge in [-0.3, -0.25) is 4.79 Å². The number of nitrogens with one attached hydrogen (secondary N) is 2. The normalized spacial score (nSPS) is 12.5. The van der Waals surface area contributed by atoms with Gasteiger partial charge in [0.2, 0.25) is 0 Å². The first-order valence-corrected chi connectivity index (χ1v) is 7.96. The summed E-state index contributed by atoms with van der Waals surface area (Å²) in [5.41, 5.74) is 1.54. The predicted molar refractivity (Wildman–Crippen MR) is 94.1 cm³/mol. The van der Waals surface area contributed by atoms with Gasteiger partial charge in [-0.05, 0) is 42.8 Å². The highest BCUT2D eigenvalue weighted by Crippen LogP contribution is 2.17. The quantitative estimate of drug-likeness (QED) is 0.747. The highest BCUT2D eigenvalue weighted by Gasteiger charge is 2.08. The second-order valence-corrected chi connectivity index (χ2v) is 6.20. The van der Waals surface area contributed by atoms with Crippen molar-refractivity contribution in [2.24, 2.45) is 0 Å². The number of fused-ring (bicyclic) bond motifs is 1. The molecule has 0 aliphatic heterocycles. The summed E-state index contributed by atoms with van der Waals surface area (Å²) in [4.78, 5) is 19.3. The van der Waals surface area contributed by atoms with Crippen molar-refractivity contribution in [3.63, 3.8) is 0 Å². The molecule has 0 radical (unpaired) electrons. The molecule has 1 aromatic heterocycles. The van der Waals surface area contributed by atoms with Crippen LogP contribution < -0.4 is 10.9 Å². The molecule has 0 fully saturated rings. The van der Waals surface area contributed by atoms with E-state index in [1.807, 2.05) is 31.2 Å². The molecule has 0 saturated heterocycles. The van der Waals surface area contributed by atoms with E-state index < -0.39 is 0 Å². The van der Waals surface area contributed by atoms with Crippen LogP contribution in [0.5, 0.6) is 0 Å². The van der Waals surface area contributed by atoms with Crippen LogP contribution in [0.2, 0.25) is 10.0 Å². The maximum Gasteiger partial charge on any atom is 0.258 e. The molecule has 2 N–H and O–H groups in total. The monoisotopic (exact) mass is 347 g/mol. The summed E-state index contributed by atoms with van der Waals surface area (Å²) in [5, 5.41) is 5.13. The summed E-state index contributed by atoms with van der Waals surface area (Å²) >= 11 is 11.9. The van der Waals surface area contributed by atoms with Crippen molar-refractivity contribution in [1.29, 1.82) is 0 Å². The predicted octanol–water partition coefficient (Wildman–Crippen LogP) is 4.08. The Morgan fingerprint density at radius 1 is 1.13 bits per heavy atom. The lowest BCUT2D eigenvalue weighted by Gasteiger charge is -2.14. The fraction of sp³-hybridized carbons (Fsp3) is 0.176. The Bertz CT molecular complexity index is 890. The van der Waals surface area contributed by atoms with Gasteiger partial charge in [-0.15, -0.1) is 0 Å². The Labute approximate surface area is 143 Å². The Kier molecular flexibility index (Phi) is 4.66. The van der Waals surface area contributed by atoms with E-state index in [1.54, 1.807) is 18.2 Å². The Morgan fingerprint density at radius 2 is 1.83 bits per heavy atom. The molecule has 3 aromatic rings. The Morgan fingerprint density at radius 3 is 2.57 bits per heavy atom. The number of nitrogens with zero attached hydrogens (tertiary/aromatic N) is 1. The van der Waals surface area contributed by atoms with Crippen LogP contribution in [0, 0.1) is 0 Å². The van der Waals surface area contributed by atoms with Crippen molar-refractivity contribution < 1.29 is 0 Å². The number of hydrogen-bond acceptors (Lipinski definition) is 3. The molecule has 23 heavy (non-hydrogen) atoms. The van der Waals surface area contributed by atoms with Gasteiger partial charge in [-0.1, -0.05) is 35.3 Å². The molecule has 1 atom stereocenters. The molecular formula is C17H15Cl2N3O. The first-order valence-electron chi connectivity index (χ1n) is 7.20. The van der Waals surface area contributed by atoms with Crippen LogP contribution in [0.15, 0.2) is 47.3 Å². The third-order valence-corrected chi connectivity index (χ3v) is 4.15. The van der Waals surface area contributed by atoms with Gasteiger partial charge in [0, 0.05) is 16.1 Å². The summed E-state index contributed by atoms with van der Waals surface area (Å²) in [7, 11) is 0. The minimum atomic E-state index is -0.164. The van der Waals surface area contributed by atoms with Crippen molar-refractivity contribution in [3.8, 4) is 0 Å². The third-order valence-electron chi connectivity index (χ3n) is 3.66. The van der Waals surface area contributed by atoms with Gasteiger partial charge in [0.15, 0.2) is 0 Å². The number of H-pyrrole nitrogens is 1. The van der Waals surface area contributed by atoms with E-state index in [4.69, 9.17) is 23.2 Å². The molecule has 6 heteroatoms. The van der Waals surface area contributed by atoms with Crippen molar-refractivity contribution in [1.82, 2.24) is 15.3 Å². The molecule has 118 valence electrons. The van der Waals surface area contributed by atoms with E-state index in [0.717, 1.165) is 5.56 Å². The standard InChI is InChI=1S/C17H15Cl2N3O/c1-10(11-2-4-12(18)5-3-11)20-9-16-21-15-8-13(19)6-7-14(15)17(23)22-16/h2-8,10,20H,9H2,1H3,(H,21,22,23). The van der Waals surface area contributed by atoms with Crippen molar-refractivity contribution in [2.75, 3.05) is 0 Å². The molecule has 0 spiro atoms. The van der Waals surface area contributed by atoms with Gasteiger partial charge in [0.05, 0.1) is 17.4 Å². The molecule has 3 rings (SSSR count). The second kappa shape index (κ2) is 6.71. The average Bonchev–Trinajstić information content (AvgIpc) is 2.53. The summed E-state index contributed by atoms with van der Waals surface area (Å²) in [6, 6.07) is 12.8. The van der Waals surface area contributed by atoms with Gasteiger partial charge in [0.25, 0.3) is 5.56 Å². The largest absolute Gasteiger partial charge is 0.309 e. The number of aromatic amines is 1. The lowest BCUT2D eigenvalue weighted by molar-refractivity contribution is 0.559. The molecule has 1 heterocycles. The average molecular weight is 348 g/mol. The Hall–Kier alpha value is -1.88. The number of halogens is 2. The van der Waals surface area contributed by atoms with Crippen LogP contribution in [-0.2, 0) is 6.54 Å². The summed E-state index contributed by atoms with van der Waals surface area (Å²) in [6.07, 6.45) is 0. The van der Waals surface area contributed by atoms with Crippen LogP contribution >= 0.6 is 23.2 Å². The smallest absolute Gasteiger partial charge is 0.258 e. The van der Waals surface area contributed by atoms with E-state index >= 15 is 0 Å². The minimum absolute atomic E-state index is 0.104. The number of hydrogen-bond donors (Lipinski definition) is 2. The second-order valence-electron chi connectivity index (χ2n) is 5.33. The van der Waals surface area contributed by atoms with Gasteiger partial charge in [-0.25, -0.2) is 4.98 Å². The molecule has 0 amide bonds. The summed E-state index contributed by atoms with van der Waals surface area (Å²) < 4.78 is 0. The molecule has 2 aromatic carbocycles. The van der Waals surface area contributed by atoms with Gasteiger partial charge in [-0.2, -0.15) is 0 Å².